The van der Waals surface area contributed by atoms with Crippen molar-refractivity contribution in [1.29, 1.82) is 0 Å². The molecule has 158 valence electrons. The zero-order valence-electron chi connectivity index (χ0n) is 18.1. The van der Waals surface area contributed by atoms with Crippen molar-refractivity contribution in [3.63, 3.8) is 0 Å². The highest BCUT2D eigenvalue weighted by Gasteiger charge is 2.39. The van der Waals surface area contributed by atoms with Crippen LogP contribution in [0, 0.1) is 5.82 Å². The zero-order valence-corrected chi connectivity index (χ0v) is 18.1. The minimum absolute atomic E-state index is 0.0678. The number of fused-ring (bicyclic) bond motifs is 6. The molecule has 0 radical (unpaired) electrons. The fourth-order valence-corrected chi connectivity index (χ4v) is 5.77. The lowest BCUT2D eigenvalue weighted by atomic mass is 9.85. The summed E-state index contributed by atoms with van der Waals surface area (Å²) < 4.78 is 14.8. The first-order valence-electron chi connectivity index (χ1n) is 11.5. The normalized spacial score (nSPS) is 19.5. The molecule has 0 saturated carbocycles. The third-order valence-corrected chi connectivity index (χ3v) is 7.30. The molecular formula is C31H22FN. The van der Waals surface area contributed by atoms with Gasteiger partial charge in [-0.05, 0) is 69.6 Å². The van der Waals surface area contributed by atoms with Crippen molar-refractivity contribution in [3.8, 4) is 11.1 Å². The molecule has 0 saturated heterocycles. The summed E-state index contributed by atoms with van der Waals surface area (Å²) in [6, 6.07) is 31.1. The Hall–Kier alpha value is -3.91. The summed E-state index contributed by atoms with van der Waals surface area (Å²) in [5, 5.41) is 0. The predicted molar refractivity (Wildman–Crippen MR) is 133 cm³/mol. The molecule has 4 aromatic rings. The van der Waals surface area contributed by atoms with Crippen molar-refractivity contribution in [1.82, 2.24) is 0 Å². The smallest absolute Gasteiger partial charge is 0.146 e. The van der Waals surface area contributed by atoms with Gasteiger partial charge in [0, 0.05) is 11.6 Å². The topological polar surface area (TPSA) is 3.24 Å². The van der Waals surface area contributed by atoms with E-state index in [-0.39, 0.29) is 17.8 Å². The molecular weight excluding hydrogens is 405 g/mol. The highest BCUT2D eigenvalue weighted by atomic mass is 19.1. The second-order valence-corrected chi connectivity index (χ2v) is 9.08. The lowest BCUT2D eigenvalue weighted by Crippen LogP contribution is -2.29. The van der Waals surface area contributed by atoms with Crippen LogP contribution in [0.2, 0.25) is 0 Å². The molecule has 2 aliphatic carbocycles. The Bertz CT molecular complexity index is 1480. The molecule has 7 rings (SSSR count). The van der Waals surface area contributed by atoms with Crippen molar-refractivity contribution >= 4 is 16.9 Å². The van der Waals surface area contributed by atoms with Crippen molar-refractivity contribution in [2.75, 3.05) is 4.90 Å². The Morgan fingerprint density at radius 1 is 0.727 bits per heavy atom. The van der Waals surface area contributed by atoms with Crippen LogP contribution in [0.1, 0.15) is 28.2 Å². The van der Waals surface area contributed by atoms with E-state index in [1.165, 1.54) is 39.0 Å². The molecule has 2 unspecified atom stereocenters. The number of hydrogen-bond donors (Lipinski definition) is 0. The number of hydrogen-bond acceptors (Lipinski definition) is 1. The van der Waals surface area contributed by atoms with E-state index in [2.05, 4.69) is 83.8 Å². The van der Waals surface area contributed by atoms with E-state index < -0.39 is 0 Å². The van der Waals surface area contributed by atoms with Crippen LogP contribution in [0.25, 0.3) is 16.7 Å². The second-order valence-electron chi connectivity index (χ2n) is 9.08. The maximum absolute atomic E-state index is 14.8. The number of anilines is 2. The number of rotatable bonds is 2. The van der Waals surface area contributed by atoms with Gasteiger partial charge < -0.3 is 4.90 Å². The van der Waals surface area contributed by atoms with E-state index >= 15 is 0 Å². The molecule has 0 bridgehead atoms. The van der Waals surface area contributed by atoms with Gasteiger partial charge in [-0.15, -0.1) is 0 Å². The van der Waals surface area contributed by atoms with Crippen molar-refractivity contribution in [3.05, 3.63) is 137 Å². The summed E-state index contributed by atoms with van der Waals surface area (Å²) in [5.41, 5.74) is 10.9. The first kappa shape index (κ1) is 18.6. The fourth-order valence-electron chi connectivity index (χ4n) is 5.77. The lowest BCUT2D eigenvalue weighted by Gasteiger charge is -2.30. The third-order valence-electron chi connectivity index (χ3n) is 7.30. The van der Waals surface area contributed by atoms with Gasteiger partial charge in [0.25, 0.3) is 0 Å². The fraction of sp³-hybridized carbons (Fsp3) is 0.0968. The van der Waals surface area contributed by atoms with Gasteiger partial charge in [-0.1, -0.05) is 85.0 Å². The van der Waals surface area contributed by atoms with E-state index in [0.717, 1.165) is 12.1 Å². The Morgan fingerprint density at radius 2 is 1.48 bits per heavy atom. The van der Waals surface area contributed by atoms with Crippen LogP contribution in [0.3, 0.4) is 0 Å². The molecule has 0 fully saturated rings. The minimum atomic E-state index is -0.187. The molecule has 0 aromatic heterocycles. The van der Waals surface area contributed by atoms with Gasteiger partial charge in [0.05, 0.1) is 11.7 Å². The molecule has 3 aliphatic rings. The van der Waals surface area contributed by atoms with Crippen LogP contribution in [0.4, 0.5) is 15.8 Å². The van der Waals surface area contributed by atoms with Crippen LogP contribution >= 0.6 is 0 Å². The summed E-state index contributed by atoms with van der Waals surface area (Å²) in [6.45, 7) is 0. The molecule has 2 heteroatoms. The van der Waals surface area contributed by atoms with Crippen LogP contribution in [-0.2, 0) is 6.42 Å². The van der Waals surface area contributed by atoms with Crippen LogP contribution < -0.4 is 4.90 Å². The van der Waals surface area contributed by atoms with E-state index in [1.54, 1.807) is 12.1 Å². The standard InChI is InChI=1S/C31H22FN/c32-28-10-4-6-12-31(28)33-29-11-5-3-9-25(29)27-19-21(15-16-30(27)33)20-13-14-23-17-22-7-1-2-8-24(22)26(23)18-20/h1-16,18-19,27,30H,17H2. The first-order chi connectivity index (χ1) is 16.3. The summed E-state index contributed by atoms with van der Waals surface area (Å²) in [5.74, 6) is -0.00485. The molecule has 33 heavy (non-hydrogen) atoms. The van der Waals surface area contributed by atoms with E-state index in [1.807, 2.05) is 18.2 Å². The molecule has 0 amide bonds. The predicted octanol–water partition coefficient (Wildman–Crippen LogP) is 7.65. The van der Waals surface area contributed by atoms with Gasteiger partial charge in [-0.25, -0.2) is 4.39 Å². The minimum Gasteiger partial charge on any atom is -0.331 e. The summed E-state index contributed by atoms with van der Waals surface area (Å²) >= 11 is 0. The Morgan fingerprint density at radius 3 is 2.39 bits per heavy atom. The molecule has 2 atom stereocenters. The average molecular weight is 428 g/mol. The number of nitrogens with zero attached hydrogens (tertiary/aromatic N) is 1. The number of para-hydroxylation sites is 2. The molecule has 0 N–H and O–H groups in total. The zero-order chi connectivity index (χ0) is 21.9. The van der Waals surface area contributed by atoms with Crippen LogP contribution in [0.5, 0.6) is 0 Å². The molecule has 1 aliphatic heterocycles. The Kier molecular flexibility index (Phi) is 3.98. The van der Waals surface area contributed by atoms with Gasteiger partial charge in [0.1, 0.15) is 5.82 Å². The number of allylic oxidation sites excluding steroid dienone is 2. The monoisotopic (exact) mass is 427 g/mol. The highest BCUT2D eigenvalue weighted by molar-refractivity contribution is 5.86. The van der Waals surface area contributed by atoms with Gasteiger partial charge in [0.2, 0.25) is 0 Å². The maximum atomic E-state index is 14.8. The van der Waals surface area contributed by atoms with E-state index in [0.29, 0.717) is 5.69 Å². The Labute approximate surface area is 193 Å². The lowest BCUT2D eigenvalue weighted by molar-refractivity contribution is 0.619. The van der Waals surface area contributed by atoms with Crippen molar-refractivity contribution in [2.45, 2.75) is 18.4 Å². The van der Waals surface area contributed by atoms with Gasteiger partial charge in [-0.2, -0.15) is 0 Å². The van der Waals surface area contributed by atoms with Crippen LogP contribution in [-0.4, -0.2) is 6.04 Å². The summed E-state index contributed by atoms with van der Waals surface area (Å²) in [4.78, 5) is 2.15. The summed E-state index contributed by atoms with van der Waals surface area (Å²) in [6.07, 6.45) is 7.83. The van der Waals surface area contributed by atoms with Gasteiger partial charge >= 0.3 is 0 Å². The van der Waals surface area contributed by atoms with Crippen LogP contribution in [0.15, 0.2) is 109 Å². The maximum Gasteiger partial charge on any atom is 0.146 e. The molecule has 4 aromatic carbocycles. The van der Waals surface area contributed by atoms with Gasteiger partial charge in [-0.3, -0.25) is 0 Å². The third kappa shape index (κ3) is 2.77. The Balaban J connectivity index is 1.32. The number of benzene rings is 4. The first-order valence-corrected chi connectivity index (χ1v) is 11.5. The molecule has 1 heterocycles. The second kappa shape index (κ2) is 7.05. The van der Waals surface area contributed by atoms with E-state index in [9.17, 15) is 4.39 Å². The van der Waals surface area contributed by atoms with Gasteiger partial charge in [0.15, 0.2) is 0 Å². The SMILES string of the molecule is Fc1ccccc1N1c2ccccc2C2C=C(c3ccc4c(c3)-c3ccccc3C4)C=CC21. The molecule has 1 nitrogen and oxygen atoms in total. The largest absolute Gasteiger partial charge is 0.331 e. The summed E-state index contributed by atoms with van der Waals surface area (Å²) in [7, 11) is 0. The molecule has 0 spiro atoms. The van der Waals surface area contributed by atoms with Crippen molar-refractivity contribution in [2.24, 2.45) is 0 Å². The van der Waals surface area contributed by atoms with Crippen molar-refractivity contribution < 1.29 is 4.39 Å². The average Bonchev–Trinajstić information content (AvgIpc) is 3.39. The highest BCUT2D eigenvalue weighted by Crippen LogP contribution is 2.49. The number of halogens is 1. The quantitative estimate of drug-likeness (QED) is 0.280. The van der Waals surface area contributed by atoms with E-state index in [4.69, 9.17) is 0 Å².